The molecule has 0 aromatic heterocycles. The van der Waals surface area contributed by atoms with Crippen LogP contribution in [-0.2, 0) is 14.3 Å². The lowest BCUT2D eigenvalue weighted by Gasteiger charge is -2.26. The second-order valence-corrected chi connectivity index (χ2v) is 10.5. The maximum Gasteiger partial charge on any atom is 0.407 e. The molecule has 1 saturated carbocycles. The first kappa shape index (κ1) is 23.8. The molecule has 0 saturated heterocycles. The number of hydrogen-bond acceptors (Lipinski definition) is 4. The standard InChI is InChI=1S/C27H32N2O5/c1-27(2,3)13-23(24(30)28-14-16-12-21(16)25(31)32)29-26(33)34-15-22-19-10-6-4-8-17(19)18-9-5-7-11-20(18)22/h4-11,16,21-23H,12-15H2,1-3H3,(H,28,30)(H,29,33)(H,31,32)/t16-,21-,23?/m0/s1. The molecule has 0 spiro atoms. The third kappa shape index (κ3) is 5.41. The maximum atomic E-state index is 12.8. The Morgan fingerprint density at radius 2 is 1.62 bits per heavy atom. The number of ether oxygens (including phenoxy) is 1. The number of carboxylic acids is 1. The first-order valence-electron chi connectivity index (χ1n) is 11.8. The molecular weight excluding hydrogens is 432 g/mol. The third-order valence-electron chi connectivity index (χ3n) is 6.55. The first-order chi connectivity index (χ1) is 16.1. The van der Waals surface area contributed by atoms with Crippen molar-refractivity contribution in [2.24, 2.45) is 17.3 Å². The van der Waals surface area contributed by atoms with Gasteiger partial charge in [0.05, 0.1) is 5.92 Å². The van der Waals surface area contributed by atoms with Crippen LogP contribution in [0.2, 0.25) is 0 Å². The Bertz CT molecular complexity index is 1040. The van der Waals surface area contributed by atoms with Gasteiger partial charge in [0.2, 0.25) is 5.91 Å². The van der Waals surface area contributed by atoms with Crippen LogP contribution in [0.3, 0.4) is 0 Å². The van der Waals surface area contributed by atoms with Crippen molar-refractivity contribution >= 4 is 18.0 Å². The Balaban J connectivity index is 1.37. The normalized spacial score (nSPS) is 19.5. The van der Waals surface area contributed by atoms with E-state index >= 15 is 0 Å². The Morgan fingerprint density at radius 3 is 2.15 bits per heavy atom. The Hall–Kier alpha value is -3.35. The largest absolute Gasteiger partial charge is 0.481 e. The van der Waals surface area contributed by atoms with Gasteiger partial charge in [0.15, 0.2) is 0 Å². The van der Waals surface area contributed by atoms with Crippen molar-refractivity contribution < 1.29 is 24.2 Å². The summed E-state index contributed by atoms with van der Waals surface area (Å²) in [5.74, 6) is -1.65. The lowest BCUT2D eigenvalue weighted by molar-refractivity contribution is -0.139. The summed E-state index contributed by atoms with van der Waals surface area (Å²) in [5, 5.41) is 14.6. The first-order valence-corrected chi connectivity index (χ1v) is 11.8. The molecule has 3 N–H and O–H groups in total. The van der Waals surface area contributed by atoms with Crippen LogP contribution < -0.4 is 10.6 Å². The lowest BCUT2D eigenvalue weighted by atomic mass is 9.88. The number of carbonyl (C=O) groups excluding carboxylic acids is 2. The molecule has 4 rings (SSSR count). The number of fused-ring (bicyclic) bond motifs is 3. The molecule has 180 valence electrons. The van der Waals surface area contributed by atoms with Crippen LogP contribution in [0, 0.1) is 17.3 Å². The topological polar surface area (TPSA) is 105 Å². The zero-order valence-corrected chi connectivity index (χ0v) is 19.8. The molecule has 3 atom stereocenters. The van der Waals surface area contributed by atoms with E-state index in [2.05, 4.69) is 34.9 Å². The van der Waals surface area contributed by atoms with E-state index in [0.717, 1.165) is 22.3 Å². The number of carbonyl (C=O) groups is 3. The molecule has 2 aromatic carbocycles. The minimum Gasteiger partial charge on any atom is -0.481 e. The van der Waals surface area contributed by atoms with Crippen molar-refractivity contribution in [1.29, 1.82) is 0 Å². The van der Waals surface area contributed by atoms with Crippen molar-refractivity contribution in [3.8, 4) is 11.1 Å². The second-order valence-electron chi connectivity index (χ2n) is 10.5. The quantitative estimate of drug-likeness (QED) is 0.544. The molecular formula is C27H32N2O5. The average molecular weight is 465 g/mol. The highest BCUT2D eigenvalue weighted by Gasteiger charge is 2.43. The molecule has 0 aliphatic heterocycles. The molecule has 1 fully saturated rings. The van der Waals surface area contributed by atoms with Gasteiger partial charge in [-0.1, -0.05) is 69.3 Å². The van der Waals surface area contributed by atoms with Gasteiger partial charge in [-0.15, -0.1) is 0 Å². The highest BCUT2D eigenvalue weighted by atomic mass is 16.5. The van der Waals surface area contributed by atoms with Gasteiger partial charge in [-0.05, 0) is 46.4 Å². The maximum absolute atomic E-state index is 12.8. The fraction of sp³-hybridized carbons (Fsp3) is 0.444. The van der Waals surface area contributed by atoms with Crippen LogP contribution >= 0.6 is 0 Å². The predicted molar refractivity (Wildman–Crippen MR) is 128 cm³/mol. The zero-order valence-electron chi connectivity index (χ0n) is 19.8. The highest BCUT2D eigenvalue weighted by Crippen LogP contribution is 2.44. The van der Waals surface area contributed by atoms with Gasteiger partial charge in [-0.3, -0.25) is 9.59 Å². The summed E-state index contributed by atoms with van der Waals surface area (Å²) >= 11 is 0. The molecule has 2 aliphatic carbocycles. The van der Waals surface area contributed by atoms with E-state index in [1.54, 1.807) is 0 Å². The molecule has 0 radical (unpaired) electrons. The molecule has 7 nitrogen and oxygen atoms in total. The van der Waals surface area contributed by atoms with Crippen LogP contribution in [0.25, 0.3) is 11.1 Å². The van der Waals surface area contributed by atoms with Crippen LogP contribution in [0.5, 0.6) is 0 Å². The molecule has 2 aromatic rings. The number of alkyl carbamates (subject to hydrolysis) is 1. The SMILES string of the molecule is CC(C)(C)CC(NC(=O)OCC1c2ccccc2-c2ccccc21)C(=O)NC[C@@H]1C[C@@H]1C(=O)O. The van der Waals surface area contributed by atoms with Crippen molar-refractivity contribution in [2.45, 2.75) is 45.6 Å². The van der Waals surface area contributed by atoms with E-state index in [4.69, 9.17) is 9.84 Å². The van der Waals surface area contributed by atoms with Crippen molar-refractivity contribution in [3.05, 3.63) is 59.7 Å². The van der Waals surface area contributed by atoms with E-state index in [1.165, 1.54) is 0 Å². The second kappa shape index (κ2) is 9.49. The minimum atomic E-state index is -0.831. The number of aliphatic carboxylic acids is 1. The fourth-order valence-corrected chi connectivity index (χ4v) is 4.73. The van der Waals surface area contributed by atoms with E-state index in [9.17, 15) is 14.4 Å². The van der Waals surface area contributed by atoms with E-state index in [1.807, 2.05) is 45.0 Å². The lowest BCUT2D eigenvalue weighted by Crippen LogP contribution is -2.49. The predicted octanol–water partition coefficient (Wildman–Crippen LogP) is 4.17. The Morgan fingerprint density at radius 1 is 1.03 bits per heavy atom. The van der Waals surface area contributed by atoms with Gasteiger partial charge in [0, 0.05) is 12.5 Å². The average Bonchev–Trinajstić information content (AvgIpc) is 3.50. The van der Waals surface area contributed by atoms with Crippen LogP contribution in [0.15, 0.2) is 48.5 Å². The molecule has 2 aliphatic rings. The Labute approximate surface area is 199 Å². The molecule has 34 heavy (non-hydrogen) atoms. The molecule has 0 heterocycles. The van der Waals surface area contributed by atoms with E-state index in [0.29, 0.717) is 19.4 Å². The zero-order chi connectivity index (χ0) is 24.5. The fourth-order valence-electron chi connectivity index (χ4n) is 4.73. The summed E-state index contributed by atoms with van der Waals surface area (Å²) in [6, 6.07) is 15.5. The number of rotatable bonds is 8. The third-order valence-corrected chi connectivity index (χ3v) is 6.55. The van der Waals surface area contributed by atoms with Crippen LogP contribution in [0.4, 0.5) is 4.79 Å². The van der Waals surface area contributed by atoms with Gasteiger partial charge in [0.25, 0.3) is 0 Å². The van der Waals surface area contributed by atoms with Crippen molar-refractivity contribution in [2.75, 3.05) is 13.2 Å². The minimum absolute atomic E-state index is 0.0498. The molecule has 2 amide bonds. The molecule has 0 bridgehead atoms. The van der Waals surface area contributed by atoms with Gasteiger partial charge < -0.3 is 20.5 Å². The van der Waals surface area contributed by atoms with Gasteiger partial charge >= 0.3 is 12.1 Å². The van der Waals surface area contributed by atoms with Gasteiger partial charge in [-0.2, -0.15) is 0 Å². The van der Waals surface area contributed by atoms with Gasteiger partial charge in [0.1, 0.15) is 12.6 Å². The number of hydrogen-bond donors (Lipinski definition) is 3. The molecule has 1 unspecified atom stereocenters. The number of nitrogens with one attached hydrogen (secondary N) is 2. The summed E-state index contributed by atoms with van der Waals surface area (Å²) in [7, 11) is 0. The van der Waals surface area contributed by atoms with E-state index in [-0.39, 0.29) is 29.8 Å². The van der Waals surface area contributed by atoms with E-state index < -0.39 is 24.0 Å². The summed E-state index contributed by atoms with van der Waals surface area (Å²) in [5.41, 5.74) is 4.34. The van der Waals surface area contributed by atoms with Crippen LogP contribution in [-0.4, -0.2) is 42.3 Å². The monoisotopic (exact) mass is 464 g/mol. The van der Waals surface area contributed by atoms with Crippen LogP contribution in [0.1, 0.15) is 50.7 Å². The smallest absolute Gasteiger partial charge is 0.407 e. The number of benzene rings is 2. The summed E-state index contributed by atoms with van der Waals surface area (Å²) in [4.78, 5) is 36.6. The van der Waals surface area contributed by atoms with Gasteiger partial charge in [-0.25, -0.2) is 4.79 Å². The molecule has 7 heteroatoms. The number of amides is 2. The van der Waals surface area contributed by atoms with Crippen molar-refractivity contribution in [1.82, 2.24) is 10.6 Å². The summed E-state index contributed by atoms with van der Waals surface area (Å²) in [6.45, 7) is 6.45. The summed E-state index contributed by atoms with van der Waals surface area (Å²) in [6.07, 6.45) is 0.358. The number of carboxylic acid groups (broad SMARTS) is 1. The summed E-state index contributed by atoms with van der Waals surface area (Å²) < 4.78 is 5.61. The highest BCUT2D eigenvalue weighted by molar-refractivity contribution is 5.86. The Kier molecular flexibility index (Phi) is 6.64. The van der Waals surface area contributed by atoms with Crippen molar-refractivity contribution in [3.63, 3.8) is 0 Å².